The van der Waals surface area contributed by atoms with E-state index in [2.05, 4.69) is 6.92 Å². The van der Waals surface area contributed by atoms with E-state index < -0.39 is 12.2 Å². The first-order valence-corrected chi connectivity index (χ1v) is 6.36. The van der Waals surface area contributed by atoms with Crippen molar-refractivity contribution in [2.75, 3.05) is 19.8 Å². The highest BCUT2D eigenvalue weighted by Gasteiger charge is 2.20. The summed E-state index contributed by atoms with van der Waals surface area (Å²) in [7, 11) is 0. The van der Waals surface area contributed by atoms with Crippen molar-refractivity contribution < 1.29 is 19.7 Å². The molecule has 4 nitrogen and oxygen atoms in total. The van der Waals surface area contributed by atoms with Gasteiger partial charge in [0.15, 0.2) is 0 Å². The molecular weight excluding hydrogens is 232 g/mol. The van der Waals surface area contributed by atoms with Gasteiger partial charge >= 0.3 is 0 Å². The number of ether oxygens (including phenoxy) is 2. The van der Waals surface area contributed by atoms with Gasteiger partial charge in [-0.25, -0.2) is 0 Å². The first-order valence-electron chi connectivity index (χ1n) is 6.36. The van der Waals surface area contributed by atoms with E-state index in [0.717, 1.165) is 12.8 Å². The van der Waals surface area contributed by atoms with Gasteiger partial charge in [-0.1, -0.05) is 31.5 Å². The maximum absolute atomic E-state index is 9.86. The fraction of sp³-hybridized carbons (Fsp3) is 0.571. The van der Waals surface area contributed by atoms with Gasteiger partial charge in [0.25, 0.3) is 0 Å². The van der Waals surface area contributed by atoms with Gasteiger partial charge in [-0.2, -0.15) is 0 Å². The van der Waals surface area contributed by atoms with Crippen molar-refractivity contribution in [3.63, 3.8) is 0 Å². The Hall–Kier alpha value is -1.10. The van der Waals surface area contributed by atoms with Crippen molar-refractivity contribution in [1.29, 1.82) is 0 Å². The number of hydrogen-bond donors (Lipinski definition) is 2. The molecule has 0 radical (unpaired) electrons. The highest BCUT2D eigenvalue weighted by atomic mass is 16.5. The molecule has 0 aliphatic heterocycles. The van der Waals surface area contributed by atoms with Crippen LogP contribution in [0.2, 0.25) is 0 Å². The highest BCUT2D eigenvalue weighted by Crippen LogP contribution is 2.12. The fourth-order valence-corrected chi connectivity index (χ4v) is 1.47. The SMILES string of the molecule is CCCCOCC(O)C(CO)Oc1ccccc1. The van der Waals surface area contributed by atoms with Crippen LogP contribution in [0, 0.1) is 0 Å². The lowest BCUT2D eigenvalue weighted by molar-refractivity contribution is -0.0460. The Bertz CT molecular complexity index is 302. The van der Waals surface area contributed by atoms with Gasteiger partial charge < -0.3 is 19.7 Å². The van der Waals surface area contributed by atoms with E-state index in [-0.39, 0.29) is 13.2 Å². The zero-order chi connectivity index (χ0) is 13.2. The van der Waals surface area contributed by atoms with Crippen LogP contribution in [0.4, 0.5) is 0 Å². The number of benzene rings is 1. The Kier molecular flexibility index (Phi) is 7.41. The van der Waals surface area contributed by atoms with Crippen LogP contribution in [0.1, 0.15) is 19.8 Å². The molecule has 0 saturated heterocycles. The average Bonchev–Trinajstić information content (AvgIpc) is 2.42. The largest absolute Gasteiger partial charge is 0.485 e. The summed E-state index contributed by atoms with van der Waals surface area (Å²) in [6.07, 6.45) is 0.539. The number of aliphatic hydroxyl groups excluding tert-OH is 2. The van der Waals surface area contributed by atoms with Crippen LogP contribution < -0.4 is 4.74 Å². The van der Waals surface area contributed by atoms with Crippen LogP contribution in [0.15, 0.2) is 30.3 Å². The molecule has 1 aromatic rings. The van der Waals surface area contributed by atoms with Crippen molar-refractivity contribution >= 4 is 0 Å². The Labute approximate surface area is 108 Å². The molecule has 0 spiro atoms. The van der Waals surface area contributed by atoms with Gasteiger partial charge in [0.05, 0.1) is 13.2 Å². The van der Waals surface area contributed by atoms with Crippen LogP contribution in [0.3, 0.4) is 0 Å². The minimum atomic E-state index is -0.827. The molecule has 0 aliphatic rings. The molecule has 0 heterocycles. The zero-order valence-corrected chi connectivity index (χ0v) is 10.8. The lowest BCUT2D eigenvalue weighted by Gasteiger charge is -2.22. The van der Waals surface area contributed by atoms with E-state index >= 15 is 0 Å². The molecular formula is C14H22O4. The maximum atomic E-state index is 9.86. The second-order valence-corrected chi connectivity index (χ2v) is 4.15. The molecule has 0 aliphatic carbocycles. The van der Waals surface area contributed by atoms with Crippen molar-refractivity contribution in [1.82, 2.24) is 0 Å². The van der Waals surface area contributed by atoms with Crippen LogP contribution >= 0.6 is 0 Å². The minimum absolute atomic E-state index is 0.179. The molecule has 4 heteroatoms. The Balaban J connectivity index is 2.35. The van der Waals surface area contributed by atoms with Gasteiger partial charge in [0, 0.05) is 6.61 Å². The number of rotatable bonds is 9. The van der Waals surface area contributed by atoms with Crippen LogP contribution in [-0.4, -0.2) is 42.2 Å². The monoisotopic (exact) mass is 254 g/mol. The maximum Gasteiger partial charge on any atom is 0.150 e. The van der Waals surface area contributed by atoms with Gasteiger partial charge in [0.2, 0.25) is 0 Å². The summed E-state index contributed by atoms with van der Waals surface area (Å²) in [4.78, 5) is 0. The molecule has 2 N–H and O–H groups in total. The van der Waals surface area contributed by atoms with Crippen molar-refractivity contribution in [2.24, 2.45) is 0 Å². The summed E-state index contributed by atoms with van der Waals surface area (Å²) in [5.41, 5.74) is 0. The highest BCUT2D eigenvalue weighted by molar-refractivity contribution is 5.21. The minimum Gasteiger partial charge on any atom is -0.485 e. The number of para-hydroxylation sites is 1. The molecule has 0 fully saturated rings. The number of hydrogen-bond acceptors (Lipinski definition) is 4. The second kappa shape index (κ2) is 8.91. The topological polar surface area (TPSA) is 58.9 Å². The smallest absolute Gasteiger partial charge is 0.150 e. The third kappa shape index (κ3) is 5.49. The number of unbranched alkanes of at least 4 members (excludes halogenated alkanes) is 1. The molecule has 1 aromatic carbocycles. The normalized spacial score (nSPS) is 14.2. The van der Waals surface area contributed by atoms with Crippen LogP contribution in [0.5, 0.6) is 5.75 Å². The van der Waals surface area contributed by atoms with E-state index in [0.29, 0.717) is 12.4 Å². The van der Waals surface area contributed by atoms with E-state index in [1.54, 1.807) is 12.1 Å². The van der Waals surface area contributed by atoms with Crippen molar-refractivity contribution in [3.05, 3.63) is 30.3 Å². The van der Waals surface area contributed by atoms with Crippen LogP contribution in [-0.2, 0) is 4.74 Å². The predicted octanol–water partition coefficient (Wildman–Crippen LogP) is 1.60. The van der Waals surface area contributed by atoms with E-state index in [1.165, 1.54) is 0 Å². The molecule has 0 bridgehead atoms. The molecule has 2 unspecified atom stereocenters. The summed E-state index contributed by atoms with van der Waals surface area (Å²) < 4.78 is 10.8. The van der Waals surface area contributed by atoms with Crippen molar-refractivity contribution in [2.45, 2.75) is 32.0 Å². The molecule has 18 heavy (non-hydrogen) atoms. The fourth-order valence-electron chi connectivity index (χ4n) is 1.47. The van der Waals surface area contributed by atoms with Gasteiger partial charge in [-0.05, 0) is 18.6 Å². The van der Waals surface area contributed by atoms with Crippen molar-refractivity contribution in [3.8, 4) is 5.75 Å². The van der Waals surface area contributed by atoms with Gasteiger partial charge in [-0.3, -0.25) is 0 Å². The Morgan fingerprint density at radius 2 is 1.94 bits per heavy atom. The summed E-state index contributed by atoms with van der Waals surface area (Å²) in [6.45, 7) is 2.64. The van der Waals surface area contributed by atoms with Gasteiger partial charge in [0.1, 0.15) is 18.0 Å². The standard InChI is InChI=1S/C14H22O4/c1-2-3-9-17-11-13(16)14(10-15)18-12-7-5-4-6-8-12/h4-8,13-16H,2-3,9-11H2,1H3. The van der Waals surface area contributed by atoms with Gasteiger partial charge in [-0.15, -0.1) is 0 Å². The van der Waals surface area contributed by atoms with E-state index in [4.69, 9.17) is 9.47 Å². The first kappa shape index (κ1) is 15.0. The summed E-state index contributed by atoms with van der Waals surface area (Å²) in [5, 5.41) is 19.1. The van der Waals surface area contributed by atoms with Crippen LogP contribution in [0.25, 0.3) is 0 Å². The average molecular weight is 254 g/mol. The quantitative estimate of drug-likeness (QED) is 0.657. The summed E-state index contributed by atoms with van der Waals surface area (Å²) in [5.74, 6) is 0.629. The lowest BCUT2D eigenvalue weighted by atomic mass is 10.2. The number of aliphatic hydroxyl groups is 2. The molecule has 2 atom stereocenters. The van der Waals surface area contributed by atoms with E-state index in [9.17, 15) is 10.2 Å². The molecule has 102 valence electrons. The molecule has 0 amide bonds. The lowest BCUT2D eigenvalue weighted by Crippen LogP contribution is -2.38. The second-order valence-electron chi connectivity index (χ2n) is 4.15. The molecule has 1 rings (SSSR count). The summed E-state index contributed by atoms with van der Waals surface area (Å²) >= 11 is 0. The molecule has 0 aromatic heterocycles. The third-order valence-electron chi connectivity index (χ3n) is 2.57. The summed E-state index contributed by atoms with van der Waals surface area (Å²) in [6, 6.07) is 9.13. The molecule has 0 saturated carbocycles. The zero-order valence-electron chi connectivity index (χ0n) is 10.8. The predicted molar refractivity (Wildman–Crippen MR) is 69.7 cm³/mol. The Morgan fingerprint density at radius 3 is 2.56 bits per heavy atom. The first-order chi connectivity index (χ1) is 8.77. The Morgan fingerprint density at radius 1 is 1.22 bits per heavy atom. The third-order valence-corrected chi connectivity index (χ3v) is 2.57. The van der Waals surface area contributed by atoms with E-state index in [1.807, 2.05) is 18.2 Å².